The second-order valence-electron chi connectivity index (χ2n) is 6.38. The molecule has 1 fully saturated rings. The van der Waals surface area contributed by atoms with E-state index < -0.39 is 17.7 Å². The van der Waals surface area contributed by atoms with Crippen molar-refractivity contribution >= 4 is 0 Å². The van der Waals surface area contributed by atoms with Crippen molar-refractivity contribution in [3.63, 3.8) is 0 Å². The van der Waals surface area contributed by atoms with Gasteiger partial charge in [-0.25, -0.2) is 8.78 Å². The van der Waals surface area contributed by atoms with Crippen LogP contribution >= 0.6 is 0 Å². The van der Waals surface area contributed by atoms with Crippen LogP contribution in [0.25, 0.3) is 0 Å². The van der Waals surface area contributed by atoms with E-state index in [2.05, 4.69) is 19.2 Å². The van der Waals surface area contributed by atoms with Gasteiger partial charge in [0.1, 0.15) is 11.6 Å². The normalized spacial score (nSPS) is 23.6. The van der Waals surface area contributed by atoms with Gasteiger partial charge in [0.2, 0.25) is 0 Å². The molecule has 0 bridgehead atoms. The Morgan fingerprint density at radius 3 is 2.80 bits per heavy atom. The molecule has 0 saturated heterocycles. The van der Waals surface area contributed by atoms with Crippen LogP contribution in [0.1, 0.15) is 51.2 Å². The van der Waals surface area contributed by atoms with Crippen LogP contribution in [0.5, 0.6) is 0 Å². The lowest BCUT2D eigenvalue weighted by atomic mass is 9.73. The molecule has 1 aromatic rings. The van der Waals surface area contributed by atoms with Crippen LogP contribution in [-0.2, 0) is 0 Å². The van der Waals surface area contributed by atoms with E-state index in [1.54, 1.807) is 0 Å². The molecule has 2 atom stereocenters. The predicted octanol–water partition coefficient (Wildman–Crippen LogP) is 3.56. The molecular weight excluding hydrogens is 260 g/mol. The zero-order valence-corrected chi connectivity index (χ0v) is 12.1. The first-order valence-electron chi connectivity index (χ1n) is 7.26. The molecule has 0 spiro atoms. The molecule has 0 amide bonds. The highest BCUT2D eigenvalue weighted by Crippen LogP contribution is 2.35. The topological polar surface area (TPSA) is 32.3 Å². The van der Waals surface area contributed by atoms with Gasteiger partial charge in [0.15, 0.2) is 0 Å². The average Bonchev–Trinajstić information content (AvgIpc) is 2.39. The van der Waals surface area contributed by atoms with Gasteiger partial charge in [-0.2, -0.15) is 0 Å². The summed E-state index contributed by atoms with van der Waals surface area (Å²) in [6, 6.07) is 3.48. The third-order valence-electron chi connectivity index (χ3n) is 4.38. The SMILES string of the molecule is CC1(C)CCCCC1NCC(O)c1cc(F)ccc1F. The van der Waals surface area contributed by atoms with E-state index in [-0.39, 0.29) is 17.5 Å². The second-order valence-corrected chi connectivity index (χ2v) is 6.38. The van der Waals surface area contributed by atoms with E-state index in [4.69, 9.17) is 0 Å². The zero-order chi connectivity index (χ0) is 14.8. The number of halogens is 2. The van der Waals surface area contributed by atoms with E-state index in [1.807, 2.05) is 0 Å². The van der Waals surface area contributed by atoms with Crippen LogP contribution in [0.4, 0.5) is 8.78 Å². The fourth-order valence-electron chi connectivity index (χ4n) is 3.01. The molecule has 2 rings (SSSR count). The Morgan fingerprint density at radius 1 is 1.35 bits per heavy atom. The van der Waals surface area contributed by atoms with Crippen LogP contribution < -0.4 is 5.32 Å². The molecule has 2 nitrogen and oxygen atoms in total. The lowest BCUT2D eigenvalue weighted by Gasteiger charge is -2.39. The highest BCUT2D eigenvalue weighted by Gasteiger charge is 2.32. The molecule has 1 aliphatic rings. The third kappa shape index (κ3) is 3.55. The summed E-state index contributed by atoms with van der Waals surface area (Å²) < 4.78 is 26.7. The number of aliphatic hydroxyl groups excluding tert-OH is 1. The molecule has 2 N–H and O–H groups in total. The Balaban J connectivity index is 1.98. The Morgan fingerprint density at radius 2 is 2.10 bits per heavy atom. The number of nitrogens with one attached hydrogen (secondary N) is 1. The molecule has 0 heterocycles. The molecule has 0 radical (unpaired) electrons. The molecule has 1 saturated carbocycles. The van der Waals surface area contributed by atoms with E-state index in [9.17, 15) is 13.9 Å². The van der Waals surface area contributed by atoms with Gasteiger partial charge in [-0.1, -0.05) is 26.7 Å². The molecule has 1 aromatic carbocycles. The Labute approximate surface area is 119 Å². The molecule has 20 heavy (non-hydrogen) atoms. The summed E-state index contributed by atoms with van der Waals surface area (Å²) >= 11 is 0. The van der Waals surface area contributed by atoms with Crippen molar-refractivity contribution in [2.75, 3.05) is 6.54 Å². The van der Waals surface area contributed by atoms with Crippen molar-refractivity contribution in [1.29, 1.82) is 0 Å². The van der Waals surface area contributed by atoms with Crippen LogP contribution in [-0.4, -0.2) is 17.7 Å². The van der Waals surface area contributed by atoms with E-state index >= 15 is 0 Å². The summed E-state index contributed by atoms with van der Waals surface area (Å²) in [6.45, 7) is 4.66. The summed E-state index contributed by atoms with van der Waals surface area (Å²) in [5.74, 6) is -1.10. The second kappa shape index (κ2) is 6.19. The van der Waals surface area contributed by atoms with Crippen molar-refractivity contribution < 1.29 is 13.9 Å². The third-order valence-corrected chi connectivity index (χ3v) is 4.38. The van der Waals surface area contributed by atoms with Crippen molar-refractivity contribution in [1.82, 2.24) is 5.32 Å². The number of benzene rings is 1. The highest BCUT2D eigenvalue weighted by molar-refractivity contribution is 5.21. The zero-order valence-electron chi connectivity index (χ0n) is 12.1. The van der Waals surface area contributed by atoms with E-state index in [0.717, 1.165) is 31.0 Å². The van der Waals surface area contributed by atoms with Gasteiger partial charge in [0, 0.05) is 18.2 Å². The van der Waals surface area contributed by atoms with Crippen molar-refractivity contribution in [2.45, 2.75) is 51.7 Å². The summed E-state index contributed by atoms with van der Waals surface area (Å²) in [7, 11) is 0. The van der Waals surface area contributed by atoms with Crippen LogP contribution in [0.2, 0.25) is 0 Å². The first kappa shape index (κ1) is 15.4. The monoisotopic (exact) mass is 283 g/mol. The molecule has 0 aromatic heterocycles. The van der Waals surface area contributed by atoms with Gasteiger partial charge < -0.3 is 10.4 Å². The maximum Gasteiger partial charge on any atom is 0.129 e. The fraction of sp³-hybridized carbons (Fsp3) is 0.625. The Hall–Kier alpha value is -1.00. The average molecular weight is 283 g/mol. The number of hydrogen-bond acceptors (Lipinski definition) is 2. The molecule has 4 heteroatoms. The van der Waals surface area contributed by atoms with Crippen LogP contribution in [0.15, 0.2) is 18.2 Å². The van der Waals surface area contributed by atoms with E-state index in [1.165, 1.54) is 12.8 Å². The first-order valence-corrected chi connectivity index (χ1v) is 7.26. The largest absolute Gasteiger partial charge is 0.387 e. The number of hydrogen-bond donors (Lipinski definition) is 2. The van der Waals surface area contributed by atoms with Crippen molar-refractivity contribution in [3.8, 4) is 0 Å². The molecule has 2 unspecified atom stereocenters. The van der Waals surface area contributed by atoms with Gasteiger partial charge in [-0.15, -0.1) is 0 Å². The maximum atomic E-state index is 13.6. The smallest absolute Gasteiger partial charge is 0.129 e. The Kier molecular flexibility index (Phi) is 4.76. The fourth-order valence-corrected chi connectivity index (χ4v) is 3.01. The standard InChI is InChI=1S/C16H23F2NO/c1-16(2)8-4-3-5-15(16)19-10-14(20)12-9-11(17)6-7-13(12)18/h6-7,9,14-15,19-20H,3-5,8,10H2,1-2H3. The molecular formula is C16H23F2NO. The highest BCUT2D eigenvalue weighted by atomic mass is 19.1. The summed E-state index contributed by atoms with van der Waals surface area (Å²) in [5, 5.41) is 13.4. The van der Waals surface area contributed by atoms with Gasteiger partial charge in [0.05, 0.1) is 6.10 Å². The number of aliphatic hydroxyl groups is 1. The van der Waals surface area contributed by atoms with Crippen molar-refractivity contribution in [3.05, 3.63) is 35.4 Å². The first-order chi connectivity index (χ1) is 9.40. The minimum Gasteiger partial charge on any atom is -0.387 e. The number of rotatable bonds is 4. The predicted molar refractivity (Wildman–Crippen MR) is 75.4 cm³/mol. The lowest BCUT2D eigenvalue weighted by molar-refractivity contribution is 0.124. The summed E-state index contributed by atoms with van der Waals surface area (Å²) in [5.41, 5.74) is 0.199. The van der Waals surface area contributed by atoms with Gasteiger partial charge in [-0.3, -0.25) is 0 Å². The van der Waals surface area contributed by atoms with Crippen LogP contribution in [0.3, 0.4) is 0 Å². The minimum atomic E-state index is -1.02. The summed E-state index contributed by atoms with van der Waals surface area (Å²) in [6.07, 6.45) is 3.58. The van der Waals surface area contributed by atoms with Crippen LogP contribution in [0, 0.1) is 17.0 Å². The Bertz CT molecular complexity index is 462. The van der Waals surface area contributed by atoms with Gasteiger partial charge in [0.25, 0.3) is 0 Å². The molecule has 0 aliphatic heterocycles. The molecule has 1 aliphatic carbocycles. The molecule has 112 valence electrons. The van der Waals surface area contributed by atoms with Gasteiger partial charge >= 0.3 is 0 Å². The summed E-state index contributed by atoms with van der Waals surface area (Å²) in [4.78, 5) is 0. The lowest BCUT2D eigenvalue weighted by Crippen LogP contribution is -2.45. The maximum absolute atomic E-state index is 13.6. The van der Waals surface area contributed by atoms with Gasteiger partial charge in [-0.05, 0) is 36.5 Å². The van der Waals surface area contributed by atoms with Crippen molar-refractivity contribution in [2.24, 2.45) is 5.41 Å². The quantitative estimate of drug-likeness (QED) is 0.885. The minimum absolute atomic E-state index is 0.0196. The van der Waals surface area contributed by atoms with E-state index in [0.29, 0.717) is 6.04 Å².